The number of pyridine rings is 1. The summed E-state index contributed by atoms with van der Waals surface area (Å²) in [6, 6.07) is 9.92. The van der Waals surface area contributed by atoms with Gasteiger partial charge >= 0.3 is 0 Å². The summed E-state index contributed by atoms with van der Waals surface area (Å²) in [6.07, 6.45) is 3.62. The molecule has 2 aromatic rings. The zero-order valence-corrected chi connectivity index (χ0v) is 10.1. The highest BCUT2D eigenvalue weighted by molar-refractivity contribution is 5.70. The summed E-state index contributed by atoms with van der Waals surface area (Å²) < 4.78 is 5.34. The van der Waals surface area contributed by atoms with Gasteiger partial charge in [0.2, 0.25) is 0 Å². The summed E-state index contributed by atoms with van der Waals surface area (Å²) in [7, 11) is 1.67. The summed E-state index contributed by atoms with van der Waals surface area (Å²) in [5.74, 6) is 0.844. The van der Waals surface area contributed by atoms with Crippen LogP contribution in [0.3, 0.4) is 0 Å². The molecule has 2 N–H and O–H groups in total. The van der Waals surface area contributed by atoms with Gasteiger partial charge in [-0.25, -0.2) is 0 Å². The average Bonchev–Trinajstić information content (AvgIpc) is 2.39. The number of ether oxygens (including phenoxy) is 1. The third-order valence-corrected chi connectivity index (χ3v) is 2.70. The number of aromatic nitrogens is 1. The molecule has 1 atom stereocenters. The van der Waals surface area contributed by atoms with Crippen LogP contribution in [0.15, 0.2) is 42.7 Å². The molecule has 0 radical (unpaired) electrons. The molecule has 0 amide bonds. The van der Waals surface area contributed by atoms with Crippen LogP contribution >= 0.6 is 0 Å². The molecule has 0 aliphatic rings. The van der Waals surface area contributed by atoms with Crippen LogP contribution in [0.25, 0.3) is 11.1 Å². The molecular formula is C14H16N2O. The minimum absolute atomic E-state index is 0.0165. The van der Waals surface area contributed by atoms with E-state index in [-0.39, 0.29) is 6.04 Å². The number of para-hydroxylation sites is 1. The lowest BCUT2D eigenvalue weighted by Gasteiger charge is -2.10. The zero-order chi connectivity index (χ0) is 12.3. The van der Waals surface area contributed by atoms with Gasteiger partial charge in [0.05, 0.1) is 7.11 Å². The number of nitrogens with two attached hydrogens (primary N) is 1. The van der Waals surface area contributed by atoms with Gasteiger partial charge < -0.3 is 10.5 Å². The van der Waals surface area contributed by atoms with E-state index in [0.717, 1.165) is 22.4 Å². The number of benzene rings is 1. The van der Waals surface area contributed by atoms with Crippen LogP contribution in [0.5, 0.6) is 5.75 Å². The second-order valence-corrected chi connectivity index (χ2v) is 4.00. The first-order chi connectivity index (χ1) is 8.22. The van der Waals surface area contributed by atoms with Gasteiger partial charge in [-0.05, 0) is 24.6 Å². The summed E-state index contributed by atoms with van der Waals surface area (Å²) >= 11 is 0. The van der Waals surface area contributed by atoms with Gasteiger partial charge in [-0.2, -0.15) is 0 Å². The van der Waals surface area contributed by atoms with E-state index in [4.69, 9.17) is 10.5 Å². The smallest absolute Gasteiger partial charge is 0.126 e. The van der Waals surface area contributed by atoms with E-state index in [9.17, 15) is 0 Å². The number of methoxy groups -OCH3 is 1. The molecule has 0 saturated carbocycles. The van der Waals surface area contributed by atoms with Crippen molar-refractivity contribution in [3.8, 4) is 16.9 Å². The maximum absolute atomic E-state index is 5.86. The Bertz CT molecular complexity index is 509. The fourth-order valence-electron chi connectivity index (χ4n) is 1.74. The lowest BCUT2D eigenvalue weighted by molar-refractivity contribution is 0.416. The van der Waals surface area contributed by atoms with E-state index in [0.29, 0.717) is 0 Å². The van der Waals surface area contributed by atoms with Crippen molar-refractivity contribution in [2.75, 3.05) is 7.11 Å². The van der Waals surface area contributed by atoms with Crippen molar-refractivity contribution in [3.05, 3.63) is 48.3 Å². The molecular weight excluding hydrogens is 212 g/mol. The molecule has 1 unspecified atom stereocenters. The highest BCUT2D eigenvalue weighted by Crippen LogP contribution is 2.29. The Balaban J connectivity index is 2.49. The molecule has 0 bridgehead atoms. The predicted molar refractivity (Wildman–Crippen MR) is 68.8 cm³/mol. The second-order valence-electron chi connectivity index (χ2n) is 4.00. The molecule has 3 nitrogen and oxygen atoms in total. The van der Waals surface area contributed by atoms with Crippen molar-refractivity contribution in [2.24, 2.45) is 5.73 Å². The van der Waals surface area contributed by atoms with Gasteiger partial charge in [0.1, 0.15) is 5.75 Å². The summed E-state index contributed by atoms with van der Waals surface area (Å²) in [4.78, 5) is 4.22. The Morgan fingerprint density at radius 1 is 1.24 bits per heavy atom. The fourth-order valence-corrected chi connectivity index (χ4v) is 1.74. The zero-order valence-electron chi connectivity index (χ0n) is 10.1. The largest absolute Gasteiger partial charge is 0.496 e. The number of nitrogens with zero attached hydrogens (tertiary/aromatic N) is 1. The molecule has 2 rings (SSSR count). The number of hydrogen-bond donors (Lipinski definition) is 1. The van der Waals surface area contributed by atoms with Crippen molar-refractivity contribution in [2.45, 2.75) is 13.0 Å². The SMILES string of the molecule is COc1ccccc1-c1cncc(C(C)N)c1. The minimum atomic E-state index is -0.0165. The first-order valence-corrected chi connectivity index (χ1v) is 5.56. The Morgan fingerprint density at radius 2 is 2.00 bits per heavy atom. The quantitative estimate of drug-likeness (QED) is 0.878. The molecule has 88 valence electrons. The van der Waals surface area contributed by atoms with Crippen molar-refractivity contribution < 1.29 is 4.74 Å². The lowest BCUT2D eigenvalue weighted by atomic mass is 10.0. The van der Waals surface area contributed by atoms with Crippen LogP contribution in [0.1, 0.15) is 18.5 Å². The predicted octanol–water partition coefficient (Wildman–Crippen LogP) is 2.78. The first-order valence-electron chi connectivity index (χ1n) is 5.56. The molecule has 0 saturated heterocycles. The summed E-state index contributed by atoms with van der Waals surface area (Å²) in [5.41, 5.74) is 8.94. The van der Waals surface area contributed by atoms with Crippen LogP contribution in [-0.2, 0) is 0 Å². The van der Waals surface area contributed by atoms with Crippen LogP contribution in [-0.4, -0.2) is 12.1 Å². The maximum atomic E-state index is 5.86. The topological polar surface area (TPSA) is 48.1 Å². The monoisotopic (exact) mass is 228 g/mol. The molecule has 0 aliphatic carbocycles. The van der Waals surface area contributed by atoms with E-state index < -0.39 is 0 Å². The molecule has 0 fully saturated rings. The lowest BCUT2D eigenvalue weighted by Crippen LogP contribution is -2.05. The van der Waals surface area contributed by atoms with E-state index in [1.807, 2.05) is 37.4 Å². The first kappa shape index (κ1) is 11.6. The van der Waals surface area contributed by atoms with Crippen molar-refractivity contribution in [1.29, 1.82) is 0 Å². The number of rotatable bonds is 3. The standard InChI is InChI=1S/C14H16N2O/c1-10(15)11-7-12(9-16-8-11)13-5-3-4-6-14(13)17-2/h3-10H,15H2,1-2H3. The van der Waals surface area contributed by atoms with Crippen molar-refractivity contribution >= 4 is 0 Å². The van der Waals surface area contributed by atoms with E-state index in [1.54, 1.807) is 13.3 Å². The second kappa shape index (κ2) is 4.97. The van der Waals surface area contributed by atoms with Crippen LogP contribution in [0, 0.1) is 0 Å². The van der Waals surface area contributed by atoms with Crippen LogP contribution < -0.4 is 10.5 Å². The third-order valence-electron chi connectivity index (χ3n) is 2.70. The molecule has 0 spiro atoms. The average molecular weight is 228 g/mol. The molecule has 0 aliphatic heterocycles. The van der Waals surface area contributed by atoms with Gasteiger partial charge in [0.15, 0.2) is 0 Å². The number of hydrogen-bond acceptors (Lipinski definition) is 3. The van der Waals surface area contributed by atoms with Gasteiger partial charge in [0, 0.05) is 29.6 Å². The molecule has 17 heavy (non-hydrogen) atoms. The van der Waals surface area contributed by atoms with Gasteiger partial charge in [-0.3, -0.25) is 4.98 Å². The van der Waals surface area contributed by atoms with E-state index in [2.05, 4.69) is 11.1 Å². The van der Waals surface area contributed by atoms with Gasteiger partial charge in [-0.1, -0.05) is 18.2 Å². The Morgan fingerprint density at radius 3 is 2.71 bits per heavy atom. The highest BCUT2D eigenvalue weighted by atomic mass is 16.5. The van der Waals surface area contributed by atoms with Crippen LogP contribution in [0.4, 0.5) is 0 Å². The molecule has 3 heteroatoms. The Hall–Kier alpha value is -1.87. The van der Waals surface area contributed by atoms with E-state index >= 15 is 0 Å². The Labute approximate surface area is 101 Å². The Kier molecular flexibility index (Phi) is 3.40. The normalized spacial score (nSPS) is 12.2. The van der Waals surface area contributed by atoms with Gasteiger partial charge in [0.25, 0.3) is 0 Å². The fraction of sp³-hybridized carbons (Fsp3) is 0.214. The van der Waals surface area contributed by atoms with Gasteiger partial charge in [-0.15, -0.1) is 0 Å². The van der Waals surface area contributed by atoms with Crippen molar-refractivity contribution in [1.82, 2.24) is 4.98 Å². The highest BCUT2D eigenvalue weighted by Gasteiger charge is 2.07. The third kappa shape index (κ3) is 2.45. The van der Waals surface area contributed by atoms with Crippen molar-refractivity contribution in [3.63, 3.8) is 0 Å². The van der Waals surface area contributed by atoms with E-state index in [1.165, 1.54) is 0 Å². The molecule has 1 aromatic heterocycles. The molecule has 1 heterocycles. The molecule has 1 aromatic carbocycles. The summed E-state index contributed by atoms with van der Waals surface area (Å²) in [6.45, 7) is 1.95. The minimum Gasteiger partial charge on any atom is -0.496 e. The van der Waals surface area contributed by atoms with Crippen LogP contribution in [0.2, 0.25) is 0 Å². The maximum Gasteiger partial charge on any atom is 0.126 e. The summed E-state index contributed by atoms with van der Waals surface area (Å²) in [5, 5.41) is 0.